The molecule has 1 aliphatic carbocycles. The van der Waals surface area contributed by atoms with E-state index in [0.717, 1.165) is 23.9 Å². The Kier molecular flexibility index (Phi) is 4.93. The summed E-state index contributed by atoms with van der Waals surface area (Å²) in [6.45, 7) is 2.12. The van der Waals surface area contributed by atoms with Gasteiger partial charge in [-0.1, -0.05) is 11.6 Å². The summed E-state index contributed by atoms with van der Waals surface area (Å²) in [6.07, 6.45) is 4.06. The molecular weight excluding hydrogens is 344 g/mol. The molecule has 1 aliphatic heterocycles. The summed E-state index contributed by atoms with van der Waals surface area (Å²) in [7, 11) is 0. The molecule has 1 N–H and O–H groups in total. The Balaban J connectivity index is 2.11. The molecule has 7 heteroatoms. The molecule has 0 saturated heterocycles. The molecule has 1 heterocycles. The number of hydrogen-bond acceptors (Lipinski definition) is 5. The van der Waals surface area contributed by atoms with Crippen molar-refractivity contribution in [3.05, 3.63) is 34.5 Å². The fourth-order valence-corrected chi connectivity index (χ4v) is 3.43. The van der Waals surface area contributed by atoms with Crippen LogP contribution in [0.4, 0.5) is 11.4 Å². The van der Waals surface area contributed by atoms with Crippen LogP contribution in [0, 0.1) is 0 Å². The van der Waals surface area contributed by atoms with Gasteiger partial charge in [0.25, 0.3) is 11.8 Å². The number of hydrogen-bond donors (Lipinski definition) is 1. The largest absolute Gasteiger partial charge is 0.490 e. The SMILES string of the molecule is CCOc1c(Cl)ccc(N2C(=O)C3=C(CCCC3)C2=O)c1NC=C=O. The maximum absolute atomic E-state index is 12.8. The lowest BCUT2D eigenvalue weighted by atomic mass is 9.93. The molecule has 0 fully saturated rings. The second-order valence-corrected chi connectivity index (χ2v) is 6.13. The second-order valence-electron chi connectivity index (χ2n) is 5.72. The highest BCUT2D eigenvalue weighted by Crippen LogP contribution is 2.44. The van der Waals surface area contributed by atoms with Gasteiger partial charge in [-0.3, -0.25) is 9.59 Å². The minimum atomic E-state index is -0.317. The Morgan fingerprint density at radius 1 is 1.24 bits per heavy atom. The predicted molar refractivity (Wildman–Crippen MR) is 94.5 cm³/mol. The van der Waals surface area contributed by atoms with Gasteiger partial charge in [-0.05, 0) is 44.7 Å². The molecule has 0 spiro atoms. The van der Waals surface area contributed by atoms with Crippen LogP contribution >= 0.6 is 11.6 Å². The smallest absolute Gasteiger partial charge is 0.261 e. The monoisotopic (exact) mass is 360 g/mol. The van der Waals surface area contributed by atoms with Crippen molar-refractivity contribution < 1.29 is 19.1 Å². The van der Waals surface area contributed by atoms with Crippen molar-refractivity contribution in [1.29, 1.82) is 0 Å². The van der Waals surface area contributed by atoms with E-state index in [9.17, 15) is 14.4 Å². The summed E-state index contributed by atoms with van der Waals surface area (Å²) in [5.41, 5.74) is 1.77. The molecule has 0 bridgehead atoms. The van der Waals surface area contributed by atoms with E-state index in [0.29, 0.717) is 47.0 Å². The molecule has 0 radical (unpaired) electrons. The summed E-state index contributed by atoms with van der Waals surface area (Å²) in [5, 5.41) is 3.04. The van der Waals surface area contributed by atoms with E-state index in [1.165, 1.54) is 0 Å². The summed E-state index contributed by atoms with van der Waals surface area (Å²) in [4.78, 5) is 37.3. The van der Waals surface area contributed by atoms with Gasteiger partial charge >= 0.3 is 0 Å². The number of rotatable bonds is 5. The maximum atomic E-state index is 12.8. The van der Waals surface area contributed by atoms with Crippen LogP contribution in [0.3, 0.4) is 0 Å². The van der Waals surface area contributed by atoms with E-state index < -0.39 is 0 Å². The van der Waals surface area contributed by atoms with E-state index in [2.05, 4.69) is 5.32 Å². The van der Waals surface area contributed by atoms with Crippen LogP contribution in [0.1, 0.15) is 32.6 Å². The van der Waals surface area contributed by atoms with Gasteiger partial charge in [-0.15, -0.1) is 0 Å². The Morgan fingerprint density at radius 2 is 1.88 bits per heavy atom. The van der Waals surface area contributed by atoms with Crippen LogP contribution in [-0.2, 0) is 14.4 Å². The molecular formula is C18H17ClN2O4. The molecule has 0 atom stereocenters. The van der Waals surface area contributed by atoms with Crippen molar-refractivity contribution in [3.8, 4) is 5.75 Å². The number of halogens is 1. The van der Waals surface area contributed by atoms with E-state index in [1.54, 1.807) is 25.0 Å². The average Bonchev–Trinajstić information content (AvgIpc) is 2.87. The molecule has 0 unspecified atom stereocenters. The van der Waals surface area contributed by atoms with Crippen LogP contribution in [-0.4, -0.2) is 24.4 Å². The second kappa shape index (κ2) is 7.13. The quantitative estimate of drug-likeness (QED) is 0.644. The molecule has 2 amide bonds. The zero-order chi connectivity index (χ0) is 18.0. The molecule has 6 nitrogen and oxygen atoms in total. The molecule has 0 saturated carbocycles. The first-order valence-corrected chi connectivity index (χ1v) is 8.50. The minimum absolute atomic E-state index is 0.277. The summed E-state index contributed by atoms with van der Waals surface area (Å²) in [5.74, 6) is 1.25. The third-order valence-electron chi connectivity index (χ3n) is 4.28. The van der Waals surface area contributed by atoms with Gasteiger partial charge in [0.15, 0.2) is 5.75 Å². The number of benzene rings is 1. The number of amides is 2. The third-order valence-corrected chi connectivity index (χ3v) is 4.58. The number of imide groups is 1. The standard InChI is InChI=1S/C18H17ClN2O4/c1-2-25-16-13(19)7-8-14(15(16)20-9-10-22)21-17(23)11-5-3-4-6-12(11)18(21)24/h7-9,20H,2-6H2,1H3. The lowest BCUT2D eigenvalue weighted by Gasteiger charge is -2.21. The fourth-order valence-electron chi connectivity index (χ4n) is 3.22. The molecule has 1 aromatic rings. The van der Waals surface area contributed by atoms with Crippen molar-refractivity contribution in [2.75, 3.05) is 16.8 Å². The normalized spacial score (nSPS) is 16.6. The van der Waals surface area contributed by atoms with Gasteiger partial charge in [0, 0.05) is 11.1 Å². The molecule has 1 aromatic carbocycles. The fraction of sp³-hybridized carbons (Fsp3) is 0.333. The van der Waals surface area contributed by atoms with E-state index >= 15 is 0 Å². The number of nitrogens with one attached hydrogen (secondary N) is 1. The minimum Gasteiger partial charge on any atom is -0.490 e. The zero-order valence-electron chi connectivity index (χ0n) is 13.7. The molecule has 2 aliphatic rings. The summed E-state index contributed by atoms with van der Waals surface area (Å²) < 4.78 is 5.55. The predicted octanol–water partition coefficient (Wildman–Crippen LogP) is 3.24. The summed E-state index contributed by atoms with van der Waals surface area (Å²) >= 11 is 6.18. The summed E-state index contributed by atoms with van der Waals surface area (Å²) in [6, 6.07) is 3.13. The van der Waals surface area contributed by atoms with Crippen molar-refractivity contribution in [2.45, 2.75) is 32.6 Å². The van der Waals surface area contributed by atoms with E-state index in [-0.39, 0.29) is 17.6 Å². The first kappa shape index (κ1) is 17.3. The lowest BCUT2D eigenvalue weighted by molar-refractivity contribution is -0.120. The van der Waals surface area contributed by atoms with Gasteiger partial charge in [-0.25, -0.2) is 9.69 Å². The number of nitrogens with zero attached hydrogens (tertiary/aromatic N) is 1. The number of anilines is 2. The lowest BCUT2D eigenvalue weighted by Crippen LogP contribution is -2.32. The number of carbonyl (C=O) groups excluding carboxylic acids is 3. The van der Waals surface area contributed by atoms with Crippen LogP contribution in [0.25, 0.3) is 0 Å². The third kappa shape index (κ3) is 2.95. The van der Waals surface area contributed by atoms with E-state index in [4.69, 9.17) is 16.3 Å². The first-order valence-electron chi connectivity index (χ1n) is 8.12. The number of carbonyl (C=O) groups is 2. The molecule has 130 valence electrons. The Morgan fingerprint density at radius 3 is 2.44 bits per heavy atom. The van der Waals surface area contributed by atoms with Gasteiger partial charge in [0.2, 0.25) is 0 Å². The van der Waals surface area contributed by atoms with Crippen LogP contribution in [0.2, 0.25) is 5.02 Å². The highest BCUT2D eigenvalue weighted by atomic mass is 35.5. The van der Waals surface area contributed by atoms with Crippen molar-refractivity contribution in [3.63, 3.8) is 0 Å². The van der Waals surface area contributed by atoms with Crippen molar-refractivity contribution >= 4 is 40.7 Å². The molecule has 3 rings (SSSR count). The molecule has 0 aromatic heterocycles. The van der Waals surface area contributed by atoms with Gasteiger partial charge in [0.05, 0.1) is 23.5 Å². The van der Waals surface area contributed by atoms with Crippen LogP contribution in [0.5, 0.6) is 5.75 Å². The van der Waals surface area contributed by atoms with Crippen molar-refractivity contribution in [1.82, 2.24) is 0 Å². The van der Waals surface area contributed by atoms with Crippen LogP contribution < -0.4 is 15.0 Å². The van der Waals surface area contributed by atoms with E-state index in [1.807, 2.05) is 0 Å². The number of ether oxygens (including phenoxy) is 1. The highest BCUT2D eigenvalue weighted by molar-refractivity contribution is 6.35. The topological polar surface area (TPSA) is 75.7 Å². The average molecular weight is 361 g/mol. The maximum Gasteiger partial charge on any atom is 0.261 e. The van der Waals surface area contributed by atoms with Crippen molar-refractivity contribution in [2.24, 2.45) is 0 Å². The van der Waals surface area contributed by atoms with Gasteiger partial charge < -0.3 is 10.1 Å². The molecule has 25 heavy (non-hydrogen) atoms. The van der Waals surface area contributed by atoms with Crippen LogP contribution in [0.15, 0.2) is 29.5 Å². The van der Waals surface area contributed by atoms with Gasteiger partial charge in [0.1, 0.15) is 11.6 Å². The zero-order valence-corrected chi connectivity index (χ0v) is 14.5. The Hall–Kier alpha value is -2.56. The Bertz CT molecular complexity index is 797. The highest BCUT2D eigenvalue weighted by Gasteiger charge is 2.41. The Labute approximate surface area is 150 Å². The first-order chi connectivity index (χ1) is 12.1. The van der Waals surface area contributed by atoms with Gasteiger partial charge in [-0.2, -0.15) is 0 Å².